The van der Waals surface area contributed by atoms with E-state index in [0.717, 1.165) is 35.4 Å². The van der Waals surface area contributed by atoms with Crippen LogP contribution in [0.5, 0.6) is 10.9 Å². The van der Waals surface area contributed by atoms with E-state index < -0.39 is 0 Å². The summed E-state index contributed by atoms with van der Waals surface area (Å²) in [6.07, 6.45) is 6.77. The van der Waals surface area contributed by atoms with E-state index in [4.69, 9.17) is 16.3 Å². The molecule has 162 valence electrons. The van der Waals surface area contributed by atoms with Crippen LogP contribution in [0.2, 0.25) is 5.02 Å². The summed E-state index contributed by atoms with van der Waals surface area (Å²) in [5, 5.41) is 1.32. The molecule has 2 bridgehead atoms. The van der Waals surface area contributed by atoms with Gasteiger partial charge in [0.25, 0.3) is 5.19 Å². The van der Waals surface area contributed by atoms with Gasteiger partial charge in [-0.2, -0.15) is 0 Å². The highest BCUT2D eigenvalue weighted by molar-refractivity contribution is 7.20. The Morgan fingerprint density at radius 3 is 2.58 bits per heavy atom. The van der Waals surface area contributed by atoms with Crippen molar-refractivity contribution >= 4 is 38.9 Å². The van der Waals surface area contributed by atoms with Crippen molar-refractivity contribution < 1.29 is 9.53 Å². The van der Waals surface area contributed by atoms with E-state index in [9.17, 15) is 4.79 Å². The molecule has 3 aromatic rings. The van der Waals surface area contributed by atoms with Crippen LogP contribution in [0.4, 0.5) is 0 Å². The molecule has 1 unspecified atom stereocenters. The molecule has 2 aliphatic rings. The van der Waals surface area contributed by atoms with Crippen molar-refractivity contribution in [1.82, 2.24) is 9.88 Å². The number of ketones is 1. The highest BCUT2D eigenvalue weighted by Crippen LogP contribution is 2.40. The van der Waals surface area contributed by atoms with Crippen LogP contribution in [0.25, 0.3) is 10.2 Å². The van der Waals surface area contributed by atoms with Gasteiger partial charge in [-0.05, 0) is 74.8 Å². The van der Waals surface area contributed by atoms with Crippen LogP contribution in [0, 0.1) is 5.92 Å². The van der Waals surface area contributed by atoms with Gasteiger partial charge in [-0.15, -0.1) is 0 Å². The maximum Gasteiger partial charge on any atom is 0.279 e. The largest absolute Gasteiger partial charge is 0.431 e. The van der Waals surface area contributed by atoms with E-state index in [1.807, 2.05) is 30.3 Å². The molecule has 0 amide bonds. The van der Waals surface area contributed by atoms with E-state index in [2.05, 4.69) is 22.0 Å². The number of halogens is 1. The topological polar surface area (TPSA) is 42.4 Å². The second-order valence-electron chi connectivity index (χ2n) is 8.93. The molecule has 6 heteroatoms. The minimum absolute atomic E-state index is 0.342. The molecule has 0 aliphatic carbocycles. The van der Waals surface area contributed by atoms with Crippen LogP contribution in [0.1, 0.15) is 44.6 Å². The van der Waals surface area contributed by atoms with Gasteiger partial charge in [0.2, 0.25) is 0 Å². The lowest BCUT2D eigenvalue weighted by Crippen LogP contribution is -2.44. The molecule has 2 aliphatic heterocycles. The van der Waals surface area contributed by atoms with Gasteiger partial charge < -0.3 is 9.53 Å². The lowest BCUT2D eigenvalue weighted by Gasteiger charge is -2.38. The Morgan fingerprint density at radius 1 is 1.16 bits per heavy atom. The van der Waals surface area contributed by atoms with Gasteiger partial charge in [-0.1, -0.05) is 41.1 Å². The minimum atomic E-state index is 0.342. The third-order valence-corrected chi connectivity index (χ3v) is 8.10. The van der Waals surface area contributed by atoms with Crippen LogP contribution in [-0.2, 0) is 11.2 Å². The normalized spacial score (nSPS) is 23.4. The first-order chi connectivity index (χ1) is 15.0. The first-order valence-electron chi connectivity index (χ1n) is 11.1. The van der Waals surface area contributed by atoms with E-state index >= 15 is 0 Å². The zero-order valence-corrected chi connectivity index (χ0v) is 19.3. The molecule has 4 nitrogen and oxygen atoms in total. The monoisotopic (exact) mass is 454 g/mol. The summed E-state index contributed by atoms with van der Waals surface area (Å²) in [6, 6.07) is 15.4. The Kier molecular flexibility index (Phi) is 6.00. The molecule has 0 radical (unpaired) electrons. The number of hydrogen-bond acceptors (Lipinski definition) is 5. The fourth-order valence-electron chi connectivity index (χ4n) is 5.35. The van der Waals surface area contributed by atoms with E-state index in [1.54, 1.807) is 6.92 Å². The molecule has 2 saturated heterocycles. The second-order valence-corrected chi connectivity index (χ2v) is 10.3. The van der Waals surface area contributed by atoms with Gasteiger partial charge >= 0.3 is 0 Å². The molecule has 2 aromatic carbocycles. The average Bonchev–Trinajstić information content (AvgIpc) is 3.25. The van der Waals surface area contributed by atoms with Crippen molar-refractivity contribution in [2.45, 2.75) is 57.5 Å². The van der Waals surface area contributed by atoms with Gasteiger partial charge in [0, 0.05) is 25.0 Å². The van der Waals surface area contributed by atoms with Crippen molar-refractivity contribution in [1.29, 1.82) is 0 Å². The highest BCUT2D eigenvalue weighted by atomic mass is 35.5. The van der Waals surface area contributed by atoms with Crippen LogP contribution in [0.3, 0.4) is 0 Å². The summed E-state index contributed by atoms with van der Waals surface area (Å²) in [4.78, 5) is 18.7. The van der Waals surface area contributed by atoms with Crippen LogP contribution < -0.4 is 4.74 Å². The lowest BCUT2D eigenvalue weighted by atomic mass is 9.87. The molecule has 3 atom stereocenters. The number of ether oxygens (including phenoxy) is 1. The van der Waals surface area contributed by atoms with E-state index in [-0.39, 0.29) is 0 Å². The Balaban J connectivity index is 1.17. The standard InChI is InChI=1S/C25H27ClN2O2S/c1-16(29)13-18-14-19-7-8-20(15-18)28(19)12-11-17-5-9-21(10-6-17)30-25-27-23-4-2-3-22(26)24(23)31-25/h2-6,9-10,18-20H,7-8,11-15H2,1H3/t18?,19-,20+. The molecule has 5 rings (SSSR count). The third kappa shape index (κ3) is 4.64. The van der Waals surface area contributed by atoms with Gasteiger partial charge in [-0.25, -0.2) is 4.98 Å². The number of thiazole rings is 1. The average molecular weight is 455 g/mol. The number of Topliss-reactive ketones (excluding diaryl/α,β-unsaturated/α-hetero) is 1. The van der Waals surface area contributed by atoms with Crippen LogP contribution in [-0.4, -0.2) is 34.3 Å². The number of hydrogen-bond donors (Lipinski definition) is 0. The fraction of sp³-hybridized carbons (Fsp3) is 0.440. The third-order valence-electron chi connectivity index (χ3n) is 6.69. The second kappa shape index (κ2) is 8.89. The number of benzene rings is 2. The molecule has 2 fully saturated rings. The Labute approximate surface area is 192 Å². The molecule has 1 aromatic heterocycles. The van der Waals surface area contributed by atoms with Crippen molar-refractivity contribution in [2.75, 3.05) is 6.54 Å². The predicted octanol–water partition coefficient (Wildman–Crippen LogP) is 6.51. The molecule has 3 heterocycles. The summed E-state index contributed by atoms with van der Waals surface area (Å²) in [6.45, 7) is 2.83. The smallest absolute Gasteiger partial charge is 0.279 e. The summed E-state index contributed by atoms with van der Waals surface area (Å²) in [5.41, 5.74) is 2.19. The Bertz CT molecular complexity index is 1070. The summed E-state index contributed by atoms with van der Waals surface area (Å²) in [7, 11) is 0. The van der Waals surface area contributed by atoms with Crippen LogP contribution >= 0.6 is 22.9 Å². The number of fused-ring (bicyclic) bond motifs is 3. The Hall–Kier alpha value is -1.95. The predicted molar refractivity (Wildman–Crippen MR) is 126 cm³/mol. The van der Waals surface area contributed by atoms with Gasteiger partial charge in [-0.3, -0.25) is 4.90 Å². The Morgan fingerprint density at radius 2 is 1.90 bits per heavy atom. The van der Waals surface area contributed by atoms with Crippen molar-refractivity contribution in [2.24, 2.45) is 5.92 Å². The van der Waals surface area contributed by atoms with E-state index in [1.165, 1.54) is 42.6 Å². The van der Waals surface area contributed by atoms with Crippen molar-refractivity contribution in [3.63, 3.8) is 0 Å². The summed E-state index contributed by atoms with van der Waals surface area (Å²) >= 11 is 7.71. The van der Waals surface area contributed by atoms with Crippen molar-refractivity contribution in [3.8, 4) is 10.9 Å². The highest BCUT2D eigenvalue weighted by Gasteiger charge is 2.40. The number of carbonyl (C=O) groups excluding carboxylic acids is 1. The SMILES string of the molecule is CC(=O)CC1C[C@H]2CC[C@@H](C1)N2CCc1ccc(Oc2nc3cccc(Cl)c3s2)cc1. The number of piperidine rings is 1. The summed E-state index contributed by atoms with van der Waals surface area (Å²) in [5.74, 6) is 1.73. The van der Waals surface area contributed by atoms with Crippen LogP contribution in [0.15, 0.2) is 42.5 Å². The number of aromatic nitrogens is 1. The van der Waals surface area contributed by atoms with Gasteiger partial charge in [0.15, 0.2) is 0 Å². The molecular formula is C25H27ClN2O2S. The lowest BCUT2D eigenvalue weighted by molar-refractivity contribution is -0.118. The fourth-order valence-corrected chi connectivity index (χ4v) is 6.47. The molecule has 0 N–H and O–H groups in total. The van der Waals surface area contributed by atoms with E-state index in [0.29, 0.717) is 34.0 Å². The number of rotatable bonds is 7. The maximum atomic E-state index is 11.5. The number of nitrogens with zero attached hydrogens (tertiary/aromatic N) is 2. The molecule has 0 spiro atoms. The van der Waals surface area contributed by atoms with Gasteiger partial charge in [0.05, 0.1) is 15.2 Å². The first-order valence-corrected chi connectivity index (χ1v) is 12.3. The number of carbonyl (C=O) groups is 1. The van der Waals surface area contributed by atoms with Gasteiger partial charge in [0.1, 0.15) is 11.5 Å². The molecule has 31 heavy (non-hydrogen) atoms. The quantitative estimate of drug-likeness (QED) is 0.408. The minimum Gasteiger partial charge on any atom is -0.431 e. The summed E-state index contributed by atoms with van der Waals surface area (Å²) < 4.78 is 6.92. The molecule has 0 saturated carbocycles. The molecular weight excluding hydrogens is 428 g/mol. The maximum absolute atomic E-state index is 11.5. The first kappa shape index (κ1) is 20.9. The van der Waals surface area contributed by atoms with Crippen molar-refractivity contribution in [3.05, 3.63) is 53.1 Å². The zero-order chi connectivity index (χ0) is 21.4. The zero-order valence-electron chi connectivity index (χ0n) is 17.7.